The minimum Gasteiger partial charge on any atom is -0.508 e. The summed E-state index contributed by atoms with van der Waals surface area (Å²) in [6, 6.07) is 2.65. The fourth-order valence-corrected chi connectivity index (χ4v) is 8.67. The molecule has 1 saturated heterocycles. The van der Waals surface area contributed by atoms with E-state index >= 15 is 0 Å². The number of thioether (sulfide) groups is 1. The molecule has 1 aliphatic heterocycles. The number of hydrogen-bond donors (Lipinski definition) is 12. The van der Waals surface area contributed by atoms with Gasteiger partial charge in [0.25, 0.3) is 0 Å². The second-order valence-electron chi connectivity index (χ2n) is 19.5. The highest BCUT2D eigenvalue weighted by Gasteiger charge is 2.41. The Hall–Kier alpha value is -7.28. The van der Waals surface area contributed by atoms with Crippen LogP contribution in [0.3, 0.4) is 0 Å². The molecular weight excluding hydrogens is 1010 g/mol. The van der Waals surface area contributed by atoms with Crippen molar-refractivity contribution in [3.8, 4) is 5.75 Å². The van der Waals surface area contributed by atoms with Crippen LogP contribution in [0, 0.1) is 11.8 Å². The summed E-state index contributed by atoms with van der Waals surface area (Å²) in [6.07, 6.45) is 0.985. The number of phenols is 1. The second-order valence-corrected chi connectivity index (χ2v) is 20.5. The molecule has 9 amide bonds. The quantitative estimate of drug-likeness (QED) is 0.0439. The van der Waals surface area contributed by atoms with Crippen molar-refractivity contribution in [2.24, 2.45) is 23.3 Å². The van der Waals surface area contributed by atoms with Crippen molar-refractivity contribution in [2.75, 3.05) is 18.6 Å². The lowest BCUT2D eigenvalue weighted by molar-refractivity contribution is -0.142. The monoisotopic (exact) mass is 1080 g/mol. The van der Waals surface area contributed by atoms with Crippen LogP contribution in [-0.2, 0) is 65.6 Å². The van der Waals surface area contributed by atoms with Crippen molar-refractivity contribution in [3.05, 3.63) is 65.7 Å². The number of aromatic hydroxyl groups is 1. The van der Waals surface area contributed by atoms with Gasteiger partial charge in [0.05, 0.1) is 12.5 Å². The number of hydrogen-bond acceptors (Lipinski definition) is 14. The van der Waals surface area contributed by atoms with Gasteiger partial charge in [-0.25, -0.2) is 4.79 Å². The van der Waals surface area contributed by atoms with Gasteiger partial charge in [-0.1, -0.05) is 70.2 Å². The number of phenolic OH excluding ortho intramolecular Hbond substituents is 1. The number of likely N-dealkylation sites (tertiary alicyclic amines) is 1. The molecule has 9 atom stereocenters. The Balaban J connectivity index is 1.77. The molecule has 2 aromatic carbocycles. The molecule has 0 unspecified atom stereocenters. The van der Waals surface area contributed by atoms with Gasteiger partial charge in [0, 0.05) is 25.8 Å². The molecule has 3 rings (SSSR count). The number of primary amides is 1. The number of aliphatic carboxylic acids is 2. The largest absolute Gasteiger partial charge is 0.508 e. The van der Waals surface area contributed by atoms with E-state index in [-0.39, 0.29) is 63.2 Å². The first-order valence-corrected chi connectivity index (χ1v) is 26.4. The highest BCUT2D eigenvalue weighted by atomic mass is 32.2. The van der Waals surface area contributed by atoms with E-state index in [4.69, 9.17) is 16.6 Å². The lowest BCUT2D eigenvalue weighted by Gasteiger charge is -2.31. The molecule has 2 aromatic rings. The van der Waals surface area contributed by atoms with Crippen LogP contribution in [0.5, 0.6) is 5.75 Å². The molecule has 25 heteroatoms. The lowest BCUT2D eigenvalue weighted by atomic mass is 9.99. The Morgan fingerprint density at radius 2 is 1.22 bits per heavy atom. The van der Waals surface area contributed by atoms with Crippen LogP contribution in [0.1, 0.15) is 90.7 Å². The van der Waals surface area contributed by atoms with Gasteiger partial charge in [-0.2, -0.15) is 11.8 Å². The molecular formula is C51H74N10O14S. The Bertz CT molecular complexity index is 2360. The number of nitrogens with one attached hydrogen (secondary N) is 7. The number of nitrogens with zero attached hydrogens (tertiary/aromatic N) is 1. The van der Waals surface area contributed by atoms with Crippen molar-refractivity contribution in [1.29, 1.82) is 0 Å². The average molecular weight is 1080 g/mol. The van der Waals surface area contributed by atoms with Gasteiger partial charge < -0.3 is 68.9 Å². The lowest BCUT2D eigenvalue weighted by Crippen LogP contribution is -2.60. The number of carbonyl (C=O) groups excluding carboxylic acids is 9. The predicted molar refractivity (Wildman–Crippen MR) is 279 cm³/mol. The predicted octanol–water partition coefficient (Wildman–Crippen LogP) is -0.811. The first-order chi connectivity index (χ1) is 35.8. The summed E-state index contributed by atoms with van der Waals surface area (Å²) >= 11 is 1.33. The molecule has 418 valence electrons. The summed E-state index contributed by atoms with van der Waals surface area (Å²) in [6.45, 7) is 8.42. The maximum Gasteiger partial charge on any atom is 0.326 e. The average Bonchev–Trinajstić information content (AvgIpc) is 3.86. The molecule has 0 aliphatic carbocycles. The first kappa shape index (κ1) is 63.0. The van der Waals surface area contributed by atoms with E-state index in [1.54, 1.807) is 64.3 Å². The zero-order chi connectivity index (χ0) is 56.8. The van der Waals surface area contributed by atoms with E-state index in [0.29, 0.717) is 23.3 Å². The smallest absolute Gasteiger partial charge is 0.326 e. The van der Waals surface area contributed by atoms with Crippen LogP contribution in [-0.4, -0.2) is 158 Å². The van der Waals surface area contributed by atoms with Crippen molar-refractivity contribution in [2.45, 2.75) is 147 Å². The maximum absolute atomic E-state index is 14.5. The fourth-order valence-electron chi connectivity index (χ4n) is 8.19. The third-order valence-electron chi connectivity index (χ3n) is 12.4. The van der Waals surface area contributed by atoms with Crippen molar-refractivity contribution in [3.63, 3.8) is 0 Å². The Kier molecular flexibility index (Phi) is 25.6. The maximum atomic E-state index is 14.5. The number of nitrogens with two attached hydrogens (primary N) is 2. The first-order valence-electron chi connectivity index (χ1n) is 25.0. The van der Waals surface area contributed by atoms with Crippen molar-refractivity contribution >= 4 is 76.9 Å². The van der Waals surface area contributed by atoms with Gasteiger partial charge in [0.15, 0.2) is 0 Å². The molecule has 76 heavy (non-hydrogen) atoms. The summed E-state index contributed by atoms with van der Waals surface area (Å²) in [5.74, 6) is -10.3. The molecule has 0 spiro atoms. The summed E-state index contributed by atoms with van der Waals surface area (Å²) in [7, 11) is 0. The Morgan fingerprint density at radius 1 is 0.658 bits per heavy atom. The number of benzene rings is 2. The molecule has 0 bridgehead atoms. The third-order valence-corrected chi connectivity index (χ3v) is 13.0. The second kappa shape index (κ2) is 30.9. The van der Waals surface area contributed by atoms with Gasteiger partial charge in [-0.3, -0.25) is 47.9 Å². The highest BCUT2D eigenvalue weighted by Crippen LogP contribution is 2.21. The zero-order valence-corrected chi connectivity index (χ0v) is 44.5. The van der Waals surface area contributed by atoms with Gasteiger partial charge in [0.2, 0.25) is 53.2 Å². The Labute approximate surface area is 445 Å². The number of carbonyl (C=O) groups is 11. The Morgan fingerprint density at radius 3 is 1.80 bits per heavy atom. The molecule has 1 fully saturated rings. The summed E-state index contributed by atoms with van der Waals surface area (Å²) < 4.78 is 0. The van der Waals surface area contributed by atoms with Crippen LogP contribution in [0.25, 0.3) is 0 Å². The SMILES string of the molecule is CSCC[C@H](NC(=O)[C@H](C)NC(=O)[C@H](CC(C)C)NC(=O)[C@@H]1CCCN1C(=O)[C@H](Cc1ccccc1)NC(=O)[C@@H](NC(=O)[C@@H](N)CCC(=O)O)C(C)C)C(=O)N[C@@H](CC(N)=O)C(=O)N[C@@H](Cc1ccc(O)cc1)C(=O)O. The summed E-state index contributed by atoms with van der Waals surface area (Å²) in [4.78, 5) is 147. The number of rotatable bonds is 31. The summed E-state index contributed by atoms with van der Waals surface area (Å²) in [5, 5.41) is 46.4. The highest BCUT2D eigenvalue weighted by molar-refractivity contribution is 7.98. The van der Waals surface area contributed by atoms with Crippen LogP contribution in [0.4, 0.5) is 0 Å². The van der Waals surface area contributed by atoms with Crippen molar-refractivity contribution in [1.82, 2.24) is 42.1 Å². The van der Waals surface area contributed by atoms with Gasteiger partial charge in [0.1, 0.15) is 54.1 Å². The molecule has 24 nitrogen and oxygen atoms in total. The van der Waals surface area contributed by atoms with Gasteiger partial charge in [-0.15, -0.1) is 0 Å². The molecule has 1 aliphatic rings. The number of amides is 9. The van der Waals surface area contributed by atoms with E-state index in [9.17, 15) is 63.0 Å². The molecule has 0 saturated carbocycles. The minimum absolute atomic E-state index is 0.00475. The number of carboxylic acid groups (broad SMARTS) is 2. The van der Waals surface area contributed by atoms with E-state index in [2.05, 4.69) is 37.2 Å². The van der Waals surface area contributed by atoms with E-state index in [0.717, 1.165) is 0 Å². The molecule has 0 radical (unpaired) electrons. The standard InChI is InChI=1S/C51H74N10O14S/c1-27(2)23-35(46(69)54-29(5)43(66)55-34(20-22-76-6)45(68)56-36(26-40(53)63)47(70)59-38(51(74)75)25-31-14-16-32(62)17-15-31)57-48(71)39-13-10-21-61(39)50(73)37(24-30-11-8-7-9-12-30)58-49(72)42(28(3)4)60-44(67)33(52)18-19-41(64)65/h7-9,11-12,14-17,27-29,33-39,42,62H,10,13,18-26,52H2,1-6H3,(H2,53,63)(H,54,69)(H,55,66)(H,56,68)(H,57,71)(H,58,72)(H,59,70)(H,60,67)(H,64,65)(H,74,75)/t29-,33-,34-,35-,36-,37-,38-,39-,42-/m0/s1. The van der Waals surface area contributed by atoms with E-state index < -0.39 is 132 Å². The van der Waals surface area contributed by atoms with Crippen LogP contribution in [0.2, 0.25) is 0 Å². The fraction of sp³-hybridized carbons (Fsp3) is 0.549. The molecule has 0 aromatic heterocycles. The molecule has 14 N–H and O–H groups in total. The molecule has 1 heterocycles. The van der Waals surface area contributed by atoms with Gasteiger partial charge >= 0.3 is 11.9 Å². The third kappa shape index (κ3) is 20.8. The summed E-state index contributed by atoms with van der Waals surface area (Å²) in [5.41, 5.74) is 12.4. The number of carboxylic acids is 2. The topological polar surface area (TPSA) is 388 Å². The van der Waals surface area contributed by atoms with Crippen LogP contribution in [0.15, 0.2) is 54.6 Å². The van der Waals surface area contributed by atoms with Crippen LogP contribution >= 0.6 is 11.8 Å². The van der Waals surface area contributed by atoms with E-state index in [1.165, 1.54) is 47.9 Å². The minimum atomic E-state index is -1.65. The van der Waals surface area contributed by atoms with E-state index in [1.807, 2.05) is 0 Å². The normalized spacial score (nSPS) is 16.3. The van der Waals surface area contributed by atoms with Crippen molar-refractivity contribution < 1.29 is 68.1 Å². The zero-order valence-electron chi connectivity index (χ0n) is 43.7. The van der Waals surface area contributed by atoms with Crippen LogP contribution < -0.4 is 48.7 Å². The van der Waals surface area contributed by atoms with Gasteiger partial charge in [-0.05, 0) is 86.1 Å².